The number of halogens is 1. The second-order valence-electron chi connectivity index (χ2n) is 7.82. The highest BCUT2D eigenvalue weighted by atomic mass is 35.5. The van der Waals surface area contributed by atoms with Crippen molar-refractivity contribution in [1.82, 2.24) is 15.1 Å². The molecular formula is C25H22ClN5O6. The second-order valence-corrected chi connectivity index (χ2v) is 8.23. The lowest BCUT2D eigenvalue weighted by molar-refractivity contribution is -0.384. The number of nitrogens with zero attached hydrogens (tertiary/aromatic N) is 3. The van der Waals surface area contributed by atoms with Crippen molar-refractivity contribution in [2.45, 2.75) is 26.6 Å². The molecule has 2 heterocycles. The molecule has 0 unspecified atom stereocenters. The van der Waals surface area contributed by atoms with Gasteiger partial charge in [-0.15, -0.1) is 0 Å². The molecule has 0 saturated carbocycles. The predicted octanol–water partition coefficient (Wildman–Crippen LogP) is 4.82. The summed E-state index contributed by atoms with van der Waals surface area (Å²) >= 11 is 6.05. The lowest BCUT2D eigenvalue weighted by Gasteiger charge is -2.09. The van der Waals surface area contributed by atoms with E-state index < -0.39 is 16.7 Å². The molecule has 2 aromatic carbocycles. The van der Waals surface area contributed by atoms with Crippen LogP contribution in [0.25, 0.3) is 0 Å². The van der Waals surface area contributed by atoms with Crippen molar-refractivity contribution in [3.8, 4) is 5.75 Å². The van der Waals surface area contributed by atoms with E-state index in [2.05, 4.69) is 15.7 Å². The molecule has 37 heavy (non-hydrogen) atoms. The third kappa shape index (κ3) is 6.33. The lowest BCUT2D eigenvalue weighted by atomic mass is 10.1. The minimum Gasteiger partial charge on any atom is -0.487 e. The van der Waals surface area contributed by atoms with Crippen LogP contribution in [0.4, 0.5) is 11.4 Å². The largest absolute Gasteiger partial charge is 0.487 e. The van der Waals surface area contributed by atoms with Crippen LogP contribution in [0, 0.1) is 10.1 Å². The number of non-ortho nitro benzene ring substituents is 1. The van der Waals surface area contributed by atoms with Crippen molar-refractivity contribution < 1.29 is 23.7 Å². The Morgan fingerprint density at radius 1 is 1.16 bits per heavy atom. The Hall–Kier alpha value is -4.64. The van der Waals surface area contributed by atoms with Gasteiger partial charge in [-0.1, -0.05) is 23.7 Å². The summed E-state index contributed by atoms with van der Waals surface area (Å²) in [6, 6.07) is 14.1. The van der Waals surface area contributed by atoms with Crippen LogP contribution in [0.5, 0.6) is 5.75 Å². The number of nitro benzene ring substituents is 1. The molecule has 0 aliphatic carbocycles. The second kappa shape index (κ2) is 11.4. The van der Waals surface area contributed by atoms with Crippen molar-refractivity contribution >= 4 is 34.8 Å². The number of furan rings is 1. The van der Waals surface area contributed by atoms with Crippen LogP contribution in [0.3, 0.4) is 0 Å². The van der Waals surface area contributed by atoms with Gasteiger partial charge in [-0.25, -0.2) is 0 Å². The number of nitro groups is 1. The summed E-state index contributed by atoms with van der Waals surface area (Å²) in [5, 5.41) is 20.7. The zero-order chi connectivity index (χ0) is 26.4. The van der Waals surface area contributed by atoms with Gasteiger partial charge in [0.1, 0.15) is 18.1 Å². The maximum Gasteiger partial charge on any atom is 0.274 e. The van der Waals surface area contributed by atoms with Crippen LogP contribution in [-0.2, 0) is 19.7 Å². The van der Waals surface area contributed by atoms with Crippen LogP contribution in [0.1, 0.15) is 39.1 Å². The Balaban J connectivity index is 1.39. The fourth-order valence-corrected chi connectivity index (χ4v) is 3.56. The molecule has 12 heteroatoms. The number of hydrogen-bond acceptors (Lipinski definition) is 7. The number of amides is 2. The van der Waals surface area contributed by atoms with Gasteiger partial charge in [-0.05, 0) is 42.8 Å². The SMILES string of the molecule is CCn1cc(NC(=O)c2ccc(COc3ccc([N+](=O)[O-])cc3Cl)cc2)c(C(=O)NCc2ccco2)n1. The maximum atomic E-state index is 12.9. The molecule has 0 fully saturated rings. The highest BCUT2D eigenvalue weighted by Gasteiger charge is 2.19. The summed E-state index contributed by atoms with van der Waals surface area (Å²) in [6.45, 7) is 2.71. The van der Waals surface area contributed by atoms with Gasteiger partial charge in [0.05, 0.1) is 28.4 Å². The fraction of sp³-hybridized carbons (Fsp3) is 0.160. The van der Waals surface area contributed by atoms with Gasteiger partial charge in [-0.2, -0.15) is 5.10 Å². The molecule has 190 valence electrons. The Kier molecular flexibility index (Phi) is 7.84. The molecule has 2 aromatic heterocycles. The van der Waals surface area contributed by atoms with Crippen molar-refractivity contribution in [3.63, 3.8) is 0 Å². The molecular weight excluding hydrogens is 502 g/mol. The van der Waals surface area contributed by atoms with Crippen LogP contribution in [0.15, 0.2) is 71.5 Å². The van der Waals surface area contributed by atoms with Crippen LogP contribution >= 0.6 is 11.6 Å². The first kappa shape index (κ1) is 25.5. The molecule has 0 radical (unpaired) electrons. The van der Waals surface area contributed by atoms with Gasteiger partial charge in [-0.3, -0.25) is 24.4 Å². The molecule has 0 bridgehead atoms. The smallest absolute Gasteiger partial charge is 0.274 e. The zero-order valence-corrected chi connectivity index (χ0v) is 20.4. The summed E-state index contributed by atoms with van der Waals surface area (Å²) < 4.78 is 12.4. The Morgan fingerprint density at radius 3 is 2.59 bits per heavy atom. The Labute approximate surface area is 216 Å². The molecule has 0 aliphatic heterocycles. The minimum absolute atomic E-state index is 0.0896. The van der Waals surface area contributed by atoms with Crippen LogP contribution < -0.4 is 15.4 Å². The summed E-state index contributed by atoms with van der Waals surface area (Å²) in [5.74, 6) is 0.0339. The average molecular weight is 524 g/mol. The molecule has 0 spiro atoms. The van der Waals surface area contributed by atoms with E-state index >= 15 is 0 Å². The van der Waals surface area contributed by atoms with E-state index in [1.807, 2.05) is 6.92 Å². The molecule has 0 aliphatic rings. The topological polar surface area (TPSA) is 142 Å². The average Bonchev–Trinajstić information content (AvgIpc) is 3.57. The normalized spacial score (nSPS) is 10.6. The number of carbonyl (C=O) groups is 2. The first-order valence-electron chi connectivity index (χ1n) is 11.2. The molecule has 0 saturated heterocycles. The number of aromatic nitrogens is 2. The summed E-state index contributed by atoms with van der Waals surface area (Å²) in [7, 11) is 0. The highest BCUT2D eigenvalue weighted by molar-refractivity contribution is 6.32. The molecule has 4 aromatic rings. The van der Waals surface area contributed by atoms with Gasteiger partial charge in [0.25, 0.3) is 17.5 Å². The summed E-state index contributed by atoms with van der Waals surface area (Å²) in [4.78, 5) is 35.8. The summed E-state index contributed by atoms with van der Waals surface area (Å²) in [5.41, 5.74) is 1.36. The van der Waals surface area contributed by atoms with Crippen molar-refractivity contribution in [3.05, 3.63) is 105 Å². The van der Waals surface area contributed by atoms with E-state index in [0.717, 1.165) is 5.56 Å². The lowest BCUT2D eigenvalue weighted by Crippen LogP contribution is -2.25. The number of carbonyl (C=O) groups excluding carboxylic acids is 2. The Bertz CT molecular complexity index is 1420. The highest BCUT2D eigenvalue weighted by Crippen LogP contribution is 2.29. The minimum atomic E-state index is -0.539. The number of rotatable bonds is 10. The number of hydrogen-bond donors (Lipinski definition) is 2. The molecule has 11 nitrogen and oxygen atoms in total. The first-order chi connectivity index (χ1) is 17.8. The van der Waals surface area contributed by atoms with E-state index in [0.29, 0.717) is 23.6 Å². The van der Waals surface area contributed by atoms with Gasteiger partial charge in [0.2, 0.25) is 0 Å². The van der Waals surface area contributed by atoms with Crippen LogP contribution in [-0.4, -0.2) is 26.5 Å². The standard InChI is InChI=1S/C25H22ClN5O6/c1-2-30-14-21(23(29-30)25(33)27-13-19-4-3-11-36-19)28-24(32)17-7-5-16(6-8-17)15-37-22-10-9-18(31(34)35)12-20(22)26/h3-12,14H,2,13,15H2,1H3,(H,27,33)(H,28,32). The predicted molar refractivity (Wildman–Crippen MR) is 135 cm³/mol. The van der Waals surface area contributed by atoms with Crippen molar-refractivity contribution in [2.24, 2.45) is 0 Å². The van der Waals surface area contributed by atoms with Crippen molar-refractivity contribution in [2.75, 3.05) is 5.32 Å². The zero-order valence-electron chi connectivity index (χ0n) is 19.6. The van der Waals surface area contributed by atoms with E-state index in [1.165, 1.54) is 24.5 Å². The van der Waals surface area contributed by atoms with E-state index in [9.17, 15) is 19.7 Å². The number of nitrogens with one attached hydrogen (secondary N) is 2. The van der Waals surface area contributed by atoms with Crippen molar-refractivity contribution in [1.29, 1.82) is 0 Å². The third-order valence-electron chi connectivity index (χ3n) is 5.29. The molecule has 2 amide bonds. The van der Waals surface area contributed by atoms with Gasteiger partial charge in [0.15, 0.2) is 5.69 Å². The number of ether oxygens (including phenoxy) is 1. The van der Waals surface area contributed by atoms with Gasteiger partial charge < -0.3 is 19.8 Å². The molecule has 4 rings (SSSR count). The maximum absolute atomic E-state index is 12.9. The third-order valence-corrected chi connectivity index (χ3v) is 5.58. The monoisotopic (exact) mass is 523 g/mol. The van der Waals surface area contributed by atoms with Gasteiger partial charge >= 0.3 is 0 Å². The fourth-order valence-electron chi connectivity index (χ4n) is 3.34. The van der Waals surface area contributed by atoms with E-state index in [4.69, 9.17) is 20.8 Å². The first-order valence-corrected chi connectivity index (χ1v) is 11.6. The molecule has 2 N–H and O–H groups in total. The number of aryl methyl sites for hydroxylation is 1. The quantitative estimate of drug-likeness (QED) is 0.224. The van der Waals surface area contributed by atoms with Crippen LogP contribution in [0.2, 0.25) is 5.02 Å². The number of anilines is 1. The van der Waals surface area contributed by atoms with Gasteiger partial charge in [0, 0.05) is 30.4 Å². The summed E-state index contributed by atoms with van der Waals surface area (Å²) in [6.07, 6.45) is 3.11. The van der Waals surface area contributed by atoms with E-state index in [-0.39, 0.29) is 35.2 Å². The Morgan fingerprint density at radius 2 is 1.95 bits per heavy atom. The molecule has 0 atom stereocenters. The number of benzene rings is 2. The van der Waals surface area contributed by atoms with E-state index in [1.54, 1.807) is 47.3 Å².